The molecule has 0 aliphatic heterocycles. The summed E-state index contributed by atoms with van der Waals surface area (Å²) in [6.45, 7) is 1.44. The van der Waals surface area contributed by atoms with E-state index in [9.17, 15) is 9.59 Å². The fraction of sp³-hybridized carbons (Fsp3) is 0.0588. The van der Waals surface area contributed by atoms with Gasteiger partial charge in [-0.15, -0.1) is 0 Å². The molecule has 0 saturated carbocycles. The second-order valence-corrected chi connectivity index (χ2v) is 4.52. The number of rotatable bonds is 4. The van der Waals surface area contributed by atoms with E-state index in [-0.39, 0.29) is 5.91 Å². The molecule has 0 heterocycles. The second kappa shape index (κ2) is 6.52. The lowest BCUT2D eigenvalue weighted by atomic mass is 9.97. The SMILES string of the molecule is CC(=O)Nc1ccc(/C(=C/C(=O)O)c2ccccc2)cc1. The Morgan fingerprint density at radius 1 is 0.952 bits per heavy atom. The molecule has 2 rings (SSSR count). The third-order valence-electron chi connectivity index (χ3n) is 2.87. The Morgan fingerprint density at radius 3 is 2.05 bits per heavy atom. The van der Waals surface area contributed by atoms with Crippen LogP contribution >= 0.6 is 0 Å². The smallest absolute Gasteiger partial charge is 0.328 e. The third kappa shape index (κ3) is 4.04. The average molecular weight is 281 g/mol. The summed E-state index contributed by atoms with van der Waals surface area (Å²) in [7, 11) is 0. The van der Waals surface area contributed by atoms with Crippen molar-refractivity contribution >= 4 is 23.1 Å². The van der Waals surface area contributed by atoms with Crippen molar-refractivity contribution in [1.29, 1.82) is 0 Å². The standard InChI is InChI=1S/C17H15NO3/c1-12(19)18-15-9-7-14(8-10-15)16(11-17(20)21)13-5-3-2-4-6-13/h2-11H,1H3,(H,18,19)(H,20,21)/b16-11+. The van der Waals surface area contributed by atoms with Crippen molar-refractivity contribution in [3.05, 3.63) is 71.8 Å². The zero-order valence-corrected chi connectivity index (χ0v) is 11.5. The van der Waals surface area contributed by atoms with Crippen LogP contribution in [0, 0.1) is 0 Å². The van der Waals surface area contributed by atoms with E-state index in [4.69, 9.17) is 5.11 Å². The van der Waals surface area contributed by atoms with Crippen molar-refractivity contribution in [3.63, 3.8) is 0 Å². The van der Waals surface area contributed by atoms with Crippen molar-refractivity contribution in [1.82, 2.24) is 0 Å². The highest BCUT2D eigenvalue weighted by molar-refractivity contribution is 5.95. The van der Waals surface area contributed by atoms with Gasteiger partial charge in [-0.2, -0.15) is 0 Å². The normalized spacial score (nSPS) is 11.0. The molecular weight excluding hydrogens is 266 g/mol. The van der Waals surface area contributed by atoms with Gasteiger partial charge in [-0.25, -0.2) is 4.79 Å². The lowest BCUT2D eigenvalue weighted by Crippen LogP contribution is -2.05. The highest BCUT2D eigenvalue weighted by Gasteiger charge is 2.07. The average Bonchev–Trinajstić information content (AvgIpc) is 2.46. The number of amides is 1. The number of anilines is 1. The Balaban J connectivity index is 2.39. The maximum absolute atomic E-state index is 11.0. The van der Waals surface area contributed by atoms with Crippen molar-refractivity contribution in [3.8, 4) is 0 Å². The summed E-state index contributed by atoms with van der Waals surface area (Å²) in [6.07, 6.45) is 1.18. The van der Waals surface area contributed by atoms with E-state index < -0.39 is 5.97 Å². The summed E-state index contributed by atoms with van der Waals surface area (Å²) in [5.74, 6) is -1.15. The molecule has 2 aromatic carbocycles. The van der Waals surface area contributed by atoms with Gasteiger partial charge in [0.25, 0.3) is 0 Å². The summed E-state index contributed by atoms with van der Waals surface area (Å²) in [6, 6.07) is 16.4. The predicted octanol–water partition coefficient (Wildman–Crippen LogP) is 3.16. The number of carbonyl (C=O) groups is 2. The molecule has 21 heavy (non-hydrogen) atoms. The van der Waals surface area contributed by atoms with Gasteiger partial charge in [-0.1, -0.05) is 42.5 Å². The molecule has 4 nitrogen and oxygen atoms in total. The third-order valence-corrected chi connectivity index (χ3v) is 2.87. The van der Waals surface area contributed by atoms with Crippen LogP contribution < -0.4 is 5.32 Å². The Morgan fingerprint density at radius 2 is 1.52 bits per heavy atom. The van der Waals surface area contributed by atoms with Gasteiger partial charge in [0.15, 0.2) is 0 Å². The van der Waals surface area contributed by atoms with Crippen LogP contribution in [0.4, 0.5) is 5.69 Å². The number of nitrogens with one attached hydrogen (secondary N) is 1. The monoisotopic (exact) mass is 281 g/mol. The number of hydrogen-bond donors (Lipinski definition) is 2. The van der Waals surface area contributed by atoms with Crippen molar-refractivity contribution in [2.75, 3.05) is 5.32 Å². The molecule has 2 N–H and O–H groups in total. The molecule has 0 spiro atoms. The Kier molecular flexibility index (Phi) is 4.51. The first-order chi connectivity index (χ1) is 10.1. The van der Waals surface area contributed by atoms with Gasteiger partial charge >= 0.3 is 5.97 Å². The molecule has 0 aliphatic carbocycles. The van der Waals surface area contributed by atoms with Gasteiger partial charge in [-0.3, -0.25) is 4.79 Å². The van der Waals surface area contributed by atoms with Gasteiger partial charge in [-0.05, 0) is 28.8 Å². The minimum absolute atomic E-state index is 0.146. The zero-order chi connectivity index (χ0) is 15.2. The first-order valence-electron chi connectivity index (χ1n) is 6.44. The number of aliphatic carboxylic acids is 1. The molecule has 0 unspecified atom stereocenters. The highest BCUT2D eigenvalue weighted by Crippen LogP contribution is 2.24. The summed E-state index contributed by atoms with van der Waals surface area (Å²) in [5, 5.41) is 11.7. The van der Waals surface area contributed by atoms with Crippen LogP contribution in [0.2, 0.25) is 0 Å². The van der Waals surface area contributed by atoms with Crippen LogP contribution in [0.3, 0.4) is 0 Å². The number of carboxylic acid groups (broad SMARTS) is 1. The van der Waals surface area contributed by atoms with E-state index in [1.165, 1.54) is 13.0 Å². The summed E-state index contributed by atoms with van der Waals surface area (Å²) in [4.78, 5) is 22.0. The Hall–Kier alpha value is -2.88. The zero-order valence-electron chi connectivity index (χ0n) is 11.5. The van der Waals surface area contributed by atoms with Gasteiger partial charge in [0.2, 0.25) is 5.91 Å². The van der Waals surface area contributed by atoms with E-state index in [0.29, 0.717) is 11.3 Å². The molecule has 0 bridgehead atoms. The summed E-state index contributed by atoms with van der Waals surface area (Å²) in [5.41, 5.74) is 2.90. The topological polar surface area (TPSA) is 66.4 Å². The van der Waals surface area contributed by atoms with Gasteiger partial charge < -0.3 is 10.4 Å². The number of carbonyl (C=O) groups excluding carboxylic acids is 1. The molecule has 0 fully saturated rings. The quantitative estimate of drug-likeness (QED) is 0.846. The molecule has 0 atom stereocenters. The van der Waals surface area contributed by atoms with Crippen LogP contribution in [0.5, 0.6) is 0 Å². The van der Waals surface area contributed by atoms with Crippen LogP contribution in [0.25, 0.3) is 5.57 Å². The van der Waals surface area contributed by atoms with Gasteiger partial charge in [0.1, 0.15) is 0 Å². The van der Waals surface area contributed by atoms with E-state index >= 15 is 0 Å². The number of carboxylic acids is 1. The molecule has 1 amide bonds. The fourth-order valence-corrected chi connectivity index (χ4v) is 2.01. The first-order valence-corrected chi connectivity index (χ1v) is 6.44. The molecule has 2 aromatic rings. The molecule has 0 radical (unpaired) electrons. The van der Waals surface area contributed by atoms with E-state index in [0.717, 1.165) is 11.1 Å². The first kappa shape index (κ1) is 14.5. The lowest BCUT2D eigenvalue weighted by molar-refractivity contribution is -0.131. The van der Waals surface area contributed by atoms with Gasteiger partial charge in [0.05, 0.1) is 0 Å². The van der Waals surface area contributed by atoms with E-state index in [1.807, 2.05) is 30.3 Å². The largest absolute Gasteiger partial charge is 0.478 e. The maximum atomic E-state index is 11.0. The number of hydrogen-bond acceptors (Lipinski definition) is 2. The minimum Gasteiger partial charge on any atom is -0.478 e. The van der Waals surface area contributed by atoms with E-state index in [2.05, 4.69) is 5.32 Å². The molecule has 106 valence electrons. The molecule has 0 saturated heterocycles. The molecule has 0 aliphatic rings. The van der Waals surface area contributed by atoms with E-state index in [1.54, 1.807) is 24.3 Å². The number of benzene rings is 2. The minimum atomic E-state index is -1.00. The van der Waals surface area contributed by atoms with Crippen molar-refractivity contribution < 1.29 is 14.7 Å². The summed E-state index contributed by atoms with van der Waals surface area (Å²) >= 11 is 0. The maximum Gasteiger partial charge on any atom is 0.328 e. The lowest BCUT2D eigenvalue weighted by Gasteiger charge is -2.09. The van der Waals surface area contributed by atoms with Crippen molar-refractivity contribution in [2.24, 2.45) is 0 Å². The Bertz CT molecular complexity index is 673. The Labute approximate surface area is 122 Å². The second-order valence-electron chi connectivity index (χ2n) is 4.52. The van der Waals surface area contributed by atoms with Crippen LogP contribution in [-0.4, -0.2) is 17.0 Å². The predicted molar refractivity (Wildman–Crippen MR) is 81.9 cm³/mol. The summed E-state index contributed by atoms with van der Waals surface area (Å²) < 4.78 is 0. The van der Waals surface area contributed by atoms with Gasteiger partial charge in [0, 0.05) is 18.7 Å². The van der Waals surface area contributed by atoms with Crippen LogP contribution in [0.15, 0.2) is 60.7 Å². The molecular formula is C17H15NO3. The fourth-order valence-electron chi connectivity index (χ4n) is 2.01. The van der Waals surface area contributed by atoms with Crippen LogP contribution in [0.1, 0.15) is 18.1 Å². The van der Waals surface area contributed by atoms with Crippen LogP contribution in [-0.2, 0) is 9.59 Å². The molecule has 0 aromatic heterocycles. The highest BCUT2D eigenvalue weighted by atomic mass is 16.4. The van der Waals surface area contributed by atoms with Crippen molar-refractivity contribution in [2.45, 2.75) is 6.92 Å². The molecule has 4 heteroatoms.